The molecule has 0 radical (unpaired) electrons. The second-order valence-electron chi connectivity index (χ2n) is 6.13. The van der Waals surface area contributed by atoms with Gasteiger partial charge in [0.15, 0.2) is 0 Å². The van der Waals surface area contributed by atoms with Crippen LogP contribution in [0, 0.1) is 5.41 Å². The van der Waals surface area contributed by atoms with Crippen molar-refractivity contribution < 1.29 is 20.7 Å². The minimum absolute atomic E-state index is 0.0698. The van der Waals surface area contributed by atoms with Crippen LogP contribution in [-0.4, -0.2) is 22.9 Å². The second-order valence-corrected chi connectivity index (χ2v) is 9.20. The maximum Gasteiger partial charge on any atom is 0.332 e. The number of benzene rings is 1. The molecule has 0 amide bonds. The van der Waals surface area contributed by atoms with Crippen LogP contribution >= 0.6 is 0 Å². The van der Waals surface area contributed by atoms with Gasteiger partial charge in [-0.3, -0.25) is 0 Å². The van der Waals surface area contributed by atoms with Crippen LogP contribution in [0.3, 0.4) is 0 Å². The van der Waals surface area contributed by atoms with Crippen molar-refractivity contribution in [1.82, 2.24) is 4.72 Å². The van der Waals surface area contributed by atoms with E-state index in [1.165, 1.54) is 0 Å². The molecule has 5 nitrogen and oxygen atoms in total. The zero-order valence-electron chi connectivity index (χ0n) is 11.8. The fourth-order valence-corrected chi connectivity index (χ4v) is 4.34. The fourth-order valence-electron chi connectivity index (χ4n) is 2.61. The van der Waals surface area contributed by atoms with E-state index < -0.39 is 25.1 Å². The van der Waals surface area contributed by atoms with Gasteiger partial charge in [0, 0.05) is 6.04 Å². The largest absolute Gasteiger partial charge is 0.332 e. The summed E-state index contributed by atoms with van der Waals surface area (Å²) in [5.74, 6) is 0. The van der Waals surface area contributed by atoms with Crippen molar-refractivity contribution in [3.8, 4) is 0 Å². The summed E-state index contributed by atoms with van der Waals surface area (Å²) in [5, 5.41) is 0. The molecule has 21 heavy (non-hydrogen) atoms. The first-order valence-corrected chi connectivity index (χ1v) is 9.43. The Morgan fingerprint density at radius 1 is 1.10 bits per heavy atom. The first-order chi connectivity index (χ1) is 9.50. The van der Waals surface area contributed by atoms with Crippen LogP contribution in [0.2, 0.25) is 0 Å². The molecule has 1 atom stereocenters. The monoisotopic (exact) mass is 335 g/mol. The predicted molar refractivity (Wildman–Crippen MR) is 76.5 cm³/mol. The third-order valence-electron chi connectivity index (χ3n) is 3.71. The molecule has 118 valence electrons. The Balaban J connectivity index is 2.17. The Kier molecular flexibility index (Phi) is 4.16. The lowest BCUT2D eigenvalue weighted by Crippen LogP contribution is -2.33. The number of nitrogens with one attached hydrogen (secondary N) is 1. The molecule has 8 heteroatoms. The fraction of sp³-hybridized carbons (Fsp3) is 0.538. The van der Waals surface area contributed by atoms with Crippen LogP contribution < -0.4 is 4.72 Å². The van der Waals surface area contributed by atoms with Crippen molar-refractivity contribution in [3.63, 3.8) is 0 Å². The number of halogens is 1. The van der Waals surface area contributed by atoms with E-state index in [2.05, 4.69) is 18.6 Å². The van der Waals surface area contributed by atoms with Crippen LogP contribution in [0.25, 0.3) is 0 Å². The van der Waals surface area contributed by atoms with Gasteiger partial charge in [-0.15, -0.1) is 3.89 Å². The standard InChI is InChI=1S/C13H18FNO4S2/c1-13(2)8-7-10(9-13)15-21(18,19)12-5-3-11(4-6-12)20(14,16)17/h3-6,10,15H,7-9H2,1-2H3. The third kappa shape index (κ3) is 4.02. The molecule has 2 rings (SSSR count). The van der Waals surface area contributed by atoms with E-state index in [-0.39, 0.29) is 16.4 Å². The molecule has 1 N–H and O–H groups in total. The summed E-state index contributed by atoms with van der Waals surface area (Å²) in [6.45, 7) is 4.17. The van der Waals surface area contributed by atoms with Gasteiger partial charge in [-0.2, -0.15) is 8.42 Å². The van der Waals surface area contributed by atoms with E-state index in [0.717, 1.165) is 43.5 Å². The van der Waals surface area contributed by atoms with E-state index in [4.69, 9.17) is 0 Å². The number of sulfonamides is 1. The Labute approximate surface area is 124 Å². The van der Waals surface area contributed by atoms with Gasteiger partial charge in [0.2, 0.25) is 10.0 Å². The van der Waals surface area contributed by atoms with Crippen molar-refractivity contribution in [3.05, 3.63) is 24.3 Å². The highest BCUT2D eigenvalue weighted by molar-refractivity contribution is 7.89. The van der Waals surface area contributed by atoms with Crippen LogP contribution in [0.5, 0.6) is 0 Å². The van der Waals surface area contributed by atoms with Crippen LogP contribution in [0.4, 0.5) is 3.89 Å². The van der Waals surface area contributed by atoms with Gasteiger partial charge in [-0.25, -0.2) is 13.1 Å². The molecule has 1 aliphatic rings. The predicted octanol–water partition coefficient (Wildman–Crippen LogP) is 2.20. The number of rotatable bonds is 4. The van der Waals surface area contributed by atoms with Gasteiger partial charge in [0.1, 0.15) is 0 Å². The van der Waals surface area contributed by atoms with Crippen molar-refractivity contribution in [1.29, 1.82) is 0 Å². The quantitative estimate of drug-likeness (QED) is 0.856. The van der Waals surface area contributed by atoms with E-state index in [0.29, 0.717) is 0 Å². The smallest absolute Gasteiger partial charge is 0.208 e. The number of hydrogen-bond donors (Lipinski definition) is 1. The summed E-state index contributed by atoms with van der Waals surface area (Å²) in [5.41, 5.74) is 0.110. The molecule has 0 spiro atoms. The highest BCUT2D eigenvalue weighted by atomic mass is 32.3. The maximum atomic E-state index is 12.8. The zero-order valence-corrected chi connectivity index (χ0v) is 13.5. The van der Waals surface area contributed by atoms with E-state index in [1.54, 1.807) is 0 Å². The lowest BCUT2D eigenvalue weighted by Gasteiger charge is -2.18. The Morgan fingerprint density at radius 2 is 1.62 bits per heavy atom. The molecule has 1 aromatic rings. The summed E-state index contributed by atoms with van der Waals surface area (Å²) in [4.78, 5) is -0.622. The molecule has 1 aromatic carbocycles. The van der Waals surface area contributed by atoms with Crippen molar-refractivity contribution in [2.45, 2.75) is 48.9 Å². The average molecular weight is 335 g/mol. The van der Waals surface area contributed by atoms with Gasteiger partial charge < -0.3 is 0 Å². The summed E-state index contributed by atoms with van der Waals surface area (Å²) < 4.78 is 61.2. The first kappa shape index (κ1) is 16.4. The minimum Gasteiger partial charge on any atom is -0.208 e. The van der Waals surface area contributed by atoms with Gasteiger partial charge in [0.05, 0.1) is 9.79 Å². The van der Waals surface area contributed by atoms with Crippen molar-refractivity contribution in [2.75, 3.05) is 0 Å². The molecule has 1 aliphatic carbocycles. The normalized spacial score (nSPS) is 22.3. The first-order valence-electron chi connectivity index (χ1n) is 6.57. The molecule has 1 unspecified atom stereocenters. The van der Waals surface area contributed by atoms with Gasteiger partial charge in [-0.1, -0.05) is 13.8 Å². The topological polar surface area (TPSA) is 80.3 Å². The summed E-state index contributed by atoms with van der Waals surface area (Å²) in [6.07, 6.45) is 2.46. The molecule has 0 aromatic heterocycles. The van der Waals surface area contributed by atoms with Gasteiger partial charge in [-0.05, 0) is 48.9 Å². The molecule has 0 heterocycles. The number of hydrogen-bond acceptors (Lipinski definition) is 4. The SMILES string of the molecule is CC1(C)CCC(NS(=O)(=O)c2ccc(S(=O)(=O)F)cc2)C1. The van der Waals surface area contributed by atoms with Gasteiger partial charge >= 0.3 is 10.2 Å². The van der Waals surface area contributed by atoms with E-state index in [9.17, 15) is 20.7 Å². The lowest BCUT2D eigenvalue weighted by molar-refractivity contribution is 0.372. The molecule has 0 aliphatic heterocycles. The highest BCUT2D eigenvalue weighted by Crippen LogP contribution is 2.37. The summed E-state index contributed by atoms with van der Waals surface area (Å²) in [7, 11) is -8.54. The van der Waals surface area contributed by atoms with Crippen LogP contribution in [-0.2, 0) is 20.2 Å². The second kappa shape index (κ2) is 5.33. The molecule has 1 fully saturated rings. The Bertz CT molecular complexity index is 724. The lowest BCUT2D eigenvalue weighted by atomic mass is 9.92. The third-order valence-corrected chi connectivity index (χ3v) is 6.08. The molecule has 0 saturated heterocycles. The zero-order chi connectivity index (χ0) is 15.9. The highest BCUT2D eigenvalue weighted by Gasteiger charge is 2.33. The summed E-state index contributed by atoms with van der Waals surface area (Å²) >= 11 is 0. The minimum atomic E-state index is -4.82. The van der Waals surface area contributed by atoms with E-state index >= 15 is 0 Å². The Morgan fingerprint density at radius 3 is 2.05 bits per heavy atom. The van der Waals surface area contributed by atoms with Crippen LogP contribution in [0.1, 0.15) is 33.1 Å². The van der Waals surface area contributed by atoms with Gasteiger partial charge in [0.25, 0.3) is 0 Å². The Hall–Kier alpha value is -0.990. The van der Waals surface area contributed by atoms with E-state index in [1.807, 2.05) is 0 Å². The summed E-state index contributed by atoms with van der Waals surface area (Å²) in [6, 6.07) is 3.95. The molecular weight excluding hydrogens is 317 g/mol. The maximum absolute atomic E-state index is 12.8. The van der Waals surface area contributed by atoms with Crippen LogP contribution in [0.15, 0.2) is 34.1 Å². The molecule has 0 bridgehead atoms. The molecular formula is C13H18FNO4S2. The molecule has 1 saturated carbocycles. The van der Waals surface area contributed by atoms with Crippen molar-refractivity contribution in [2.24, 2.45) is 5.41 Å². The average Bonchev–Trinajstić information content (AvgIpc) is 2.67. The van der Waals surface area contributed by atoms with Crippen molar-refractivity contribution >= 4 is 20.2 Å².